The molecule has 1 saturated carbocycles. The van der Waals surface area contributed by atoms with Crippen LogP contribution in [0.4, 0.5) is 0 Å². The maximum absolute atomic E-state index is 12.8. The molecule has 0 aliphatic heterocycles. The van der Waals surface area contributed by atoms with E-state index in [2.05, 4.69) is 6.92 Å². The summed E-state index contributed by atoms with van der Waals surface area (Å²) in [6, 6.07) is 4.63. The minimum absolute atomic E-state index is 0.0369. The van der Waals surface area contributed by atoms with Crippen molar-refractivity contribution in [3.63, 3.8) is 0 Å². The molecule has 0 heterocycles. The van der Waals surface area contributed by atoms with Crippen LogP contribution in [0.2, 0.25) is 5.02 Å². The number of rotatable bonds is 4. The molecule has 2 unspecified atom stereocenters. The van der Waals surface area contributed by atoms with Crippen LogP contribution < -0.4 is 0 Å². The lowest BCUT2D eigenvalue weighted by atomic mass is 9.85. The van der Waals surface area contributed by atoms with Crippen LogP contribution in [0.5, 0.6) is 0 Å². The summed E-state index contributed by atoms with van der Waals surface area (Å²) in [7, 11) is 0.982. The molecule has 134 valence electrons. The molecule has 2 atom stereocenters. The number of hydrogen-bond acceptors (Lipinski definition) is 3. The fraction of sp³-hybridized carbons (Fsp3) is 0.588. The van der Waals surface area contributed by atoms with E-state index >= 15 is 0 Å². The highest BCUT2D eigenvalue weighted by Gasteiger charge is 2.29. The van der Waals surface area contributed by atoms with Crippen LogP contribution in [-0.2, 0) is 10.0 Å². The molecule has 5 nitrogen and oxygen atoms in total. The fourth-order valence-electron chi connectivity index (χ4n) is 3.26. The predicted octanol–water partition coefficient (Wildman–Crippen LogP) is 3.24. The Balaban J connectivity index is 2.33. The Morgan fingerprint density at radius 3 is 2.38 bits per heavy atom. The summed E-state index contributed by atoms with van der Waals surface area (Å²) in [5.41, 5.74) is 0.347. The number of sulfonamides is 1. The SMILES string of the molecule is CC1CCCCC1N(C)C(=O)c1ccc(Cl)c(S(=O)(=O)N(C)C)c1. The zero-order valence-electron chi connectivity index (χ0n) is 14.6. The van der Waals surface area contributed by atoms with Crippen molar-refractivity contribution in [2.75, 3.05) is 21.1 Å². The monoisotopic (exact) mass is 372 g/mol. The summed E-state index contributed by atoms with van der Waals surface area (Å²) in [5, 5.41) is 0.119. The first kappa shape index (κ1) is 19.2. The van der Waals surface area contributed by atoms with E-state index in [0.717, 1.165) is 23.6 Å². The Kier molecular flexibility index (Phi) is 5.94. The van der Waals surface area contributed by atoms with Crippen molar-refractivity contribution >= 4 is 27.5 Å². The van der Waals surface area contributed by atoms with Crippen LogP contribution in [0.15, 0.2) is 23.1 Å². The van der Waals surface area contributed by atoms with Gasteiger partial charge in [0.2, 0.25) is 10.0 Å². The average Bonchev–Trinajstić information content (AvgIpc) is 2.54. The first-order chi connectivity index (χ1) is 11.2. The van der Waals surface area contributed by atoms with Gasteiger partial charge in [-0.05, 0) is 37.0 Å². The lowest BCUT2D eigenvalue weighted by molar-refractivity contribution is 0.0628. The largest absolute Gasteiger partial charge is 0.338 e. The van der Waals surface area contributed by atoms with E-state index < -0.39 is 10.0 Å². The molecule has 1 aromatic carbocycles. The highest BCUT2D eigenvalue weighted by atomic mass is 35.5. The minimum atomic E-state index is -3.69. The summed E-state index contributed by atoms with van der Waals surface area (Å²) in [4.78, 5) is 14.5. The third-order valence-electron chi connectivity index (χ3n) is 4.82. The van der Waals surface area contributed by atoms with Crippen LogP contribution in [0.1, 0.15) is 43.0 Å². The van der Waals surface area contributed by atoms with Crippen LogP contribution in [-0.4, -0.2) is 50.7 Å². The summed E-state index contributed by atoms with van der Waals surface area (Å²) >= 11 is 6.05. The Bertz CT molecular complexity index is 719. The van der Waals surface area contributed by atoms with Gasteiger partial charge in [-0.15, -0.1) is 0 Å². The van der Waals surface area contributed by atoms with Crippen LogP contribution in [0.25, 0.3) is 0 Å². The molecule has 1 aliphatic carbocycles. The topological polar surface area (TPSA) is 57.7 Å². The molecule has 2 rings (SSSR count). The normalized spacial score (nSPS) is 21.8. The quantitative estimate of drug-likeness (QED) is 0.815. The zero-order valence-corrected chi connectivity index (χ0v) is 16.2. The highest BCUT2D eigenvalue weighted by Crippen LogP contribution is 2.30. The third-order valence-corrected chi connectivity index (χ3v) is 7.12. The summed E-state index contributed by atoms with van der Waals surface area (Å²) in [6.07, 6.45) is 4.42. The van der Waals surface area contributed by atoms with Gasteiger partial charge in [-0.2, -0.15) is 0 Å². The van der Waals surface area contributed by atoms with Gasteiger partial charge in [0, 0.05) is 32.7 Å². The standard InChI is InChI=1S/C17H25ClN2O3S/c1-12-7-5-6-8-15(12)20(4)17(21)13-9-10-14(18)16(11-13)24(22,23)19(2)3/h9-12,15H,5-8H2,1-4H3. The lowest BCUT2D eigenvalue weighted by Gasteiger charge is -2.36. The molecule has 0 radical (unpaired) electrons. The van der Waals surface area contributed by atoms with E-state index in [9.17, 15) is 13.2 Å². The number of nitrogens with zero attached hydrogens (tertiary/aromatic N) is 2. The fourth-order valence-corrected chi connectivity index (χ4v) is 4.65. The molecule has 7 heteroatoms. The minimum Gasteiger partial charge on any atom is -0.338 e. The van der Waals surface area contributed by atoms with Crippen LogP contribution in [0.3, 0.4) is 0 Å². The number of carbonyl (C=O) groups excluding carboxylic acids is 1. The van der Waals surface area contributed by atoms with Gasteiger partial charge < -0.3 is 4.90 Å². The first-order valence-corrected chi connectivity index (χ1v) is 9.97. The smallest absolute Gasteiger partial charge is 0.253 e. The van der Waals surface area contributed by atoms with Crippen molar-refractivity contribution in [3.05, 3.63) is 28.8 Å². The molecule has 0 spiro atoms. The Morgan fingerprint density at radius 1 is 1.17 bits per heavy atom. The van der Waals surface area contributed by atoms with Crippen LogP contribution in [0, 0.1) is 5.92 Å². The molecule has 24 heavy (non-hydrogen) atoms. The van der Waals surface area contributed by atoms with Gasteiger partial charge in [-0.1, -0.05) is 31.4 Å². The van der Waals surface area contributed by atoms with Gasteiger partial charge in [-0.3, -0.25) is 4.79 Å². The Morgan fingerprint density at radius 2 is 1.79 bits per heavy atom. The van der Waals surface area contributed by atoms with E-state index in [4.69, 9.17) is 11.6 Å². The maximum atomic E-state index is 12.8. The van der Waals surface area contributed by atoms with Crippen molar-refractivity contribution in [1.29, 1.82) is 0 Å². The molecule has 0 N–H and O–H groups in total. The number of hydrogen-bond donors (Lipinski definition) is 0. The van der Waals surface area contributed by atoms with Crippen molar-refractivity contribution in [1.82, 2.24) is 9.21 Å². The molecule has 0 aromatic heterocycles. The van der Waals surface area contributed by atoms with Gasteiger partial charge in [0.1, 0.15) is 4.90 Å². The van der Waals surface area contributed by atoms with E-state index in [1.807, 2.05) is 0 Å². The summed E-state index contributed by atoms with van der Waals surface area (Å²) in [5.74, 6) is 0.283. The molecule has 0 saturated heterocycles. The molecular weight excluding hydrogens is 348 g/mol. The van der Waals surface area contributed by atoms with E-state index in [1.165, 1.54) is 32.6 Å². The van der Waals surface area contributed by atoms with Gasteiger partial charge in [-0.25, -0.2) is 12.7 Å². The number of carbonyl (C=O) groups is 1. The predicted molar refractivity (Wildman–Crippen MR) is 95.8 cm³/mol. The molecular formula is C17H25ClN2O3S. The first-order valence-electron chi connectivity index (χ1n) is 8.15. The second-order valence-electron chi connectivity index (χ2n) is 6.68. The lowest BCUT2D eigenvalue weighted by Crippen LogP contribution is -2.42. The van der Waals surface area contributed by atoms with Gasteiger partial charge in [0.25, 0.3) is 5.91 Å². The third kappa shape index (κ3) is 3.76. The number of amides is 1. The molecule has 0 bridgehead atoms. The van der Waals surface area contributed by atoms with Gasteiger partial charge >= 0.3 is 0 Å². The van der Waals surface area contributed by atoms with Crippen molar-refractivity contribution < 1.29 is 13.2 Å². The van der Waals surface area contributed by atoms with E-state index in [1.54, 1.807) is 18.0 Å². The Hall–Kier alpha value is -1.11. The zero-order chi connectivity index (χ0) is 18.1. The van der Waals surface area contributed by atoms with Crippen molar-refractivity contribution in [3.8, 4) is 0 Å². The number of benzene rings is 1. The second kappa shape index (κ2) is 7.42. The summed E-state index contributed by atoms with van der Waals surface area (Å²) < 4.78 is 25.8. The Labute approximate surface area is 149 Å². The average molecular weight is 373 g/mol. The van der Waals surface area contributed by atoms with Crippen LogP contribution >= 0.6 is 11.6 Å². The van der Waals surface area contributed by atoms with Gasteiger partial charge in [0.15, 0.2) is 0 Å². The maximum Gasteiger partial charge on any atom is 0.253 e. The molecule has 1 fully saturated rings. The molecule has 1 aromatic rings. The summed E-state index contributed by atoms with van der Waals surface area (Å²) in [6.45, 7) is 2.16. The molecule has 1 aliphatic rings. The highest BCUT2D eigenvalue weighted by molar-refractivity contribution is 7.89. The second-order valence-corrected chi connectivity index (χ2v) is 9.21. The van der Waals surface area contributed by atoms with E-state index in [0.29, 0.717) is 11.5 Å². The van der Waals surface area contributed by atoms with Gasteiger partial charge in [0.05, 0.1) is 5.02 Å². The van der Waals surface area contributed by atoms with Crippen molar-refractivity contribution in [2.45, 2.75) is 43.5 Å². The number of halogens is 1. The molecule has 1 amide bonds. The van der Waals surface area contributed by atoms with Crippen molar-refractivity contribution in [2.24, 2.45) is 5.92 Å². The van der Waals surface area contributed by atoms with E-state index in [-0.39, 0.29) is 21.9 Å².